The molecule has 4 nitrogen and oxygen atoms in total. The number of thiazole rings is 1. The molecular formula is C15H8N2O2S. The molecule has 96 valence electrons. The van der Waals surface area contributed by atoms with Gasteiger partial charge in [-0.2, -0.15) is 5.26 Å². The van der Waals surface area contributed by atoms with E-state index in [1.54, 1.807) is 30.3 Å². The average molecular weight is 280 g/mol. The van der Waals surface area contributed by atoms with Crippen molar-refractivity contribution < 1.29 is 9.90 Å². The van der Waals surface area contributed by atoms with Crippen LogP contribution in [0, 0.1) is 11.3 Å². The molecule has 0 fully saturated rings. The number of fused-ring (bicyclic) bond motifs is 1. The molecule has 3 aromatic rings. The molecule has 1 aromatic heterocycles. The molecule has 0 aliphatic rings. The van der Waals surface area contributed by atoms with Crippen LogP contribution in [0.2, 0.25) is 0 Å². The van der Waals surface area contributed by atoms with Crippen LogP contribution in [-0.2, 0) is 0 Å². The summed E-state index contributed by atoms with van der Waals surface area (Å²) >= 11 is 1.44. The highest BCUT2D eigenvalue weighted by Crippen LogP contribution is 2.30. The number of carbonyl (C=O) groups is 1. The Labute approximate surface area is 118 Å². The summed E-state index contributed by atoms with van der Waals surface area (Å²) in [5.41, 5.74) is 2.55. The van der Waals surface area contributed by atoms with Crippen LogP contribution in [0.1, 0.15) is 15.9 Å². The maximum atomic E-state index is 10.9. The zero-order valence-electron chi connectivity index (χ0n) is 10.2. The predicted octanol–water partition coefficient (Wildman–Crippen LogP) is 3.53. The highest BCUT2D eigenvalue weighted by Gasteiger charge is 2.09. The van der Waals surface area contributed by atoms with Crippen molar-refractivity contribution in [1.82, 2.24) is 4.98 Å². The number of hydrogen-bond donors (Lipinski definition) is 1. The molecule has 0 amide bonds. The third-order valence-electron chi connectivity index (χ3n) is 2.90. The van der Waals surface area contributed by atoms with Gasteiger partial charge in [0.05, 0.1) is 27.4 Å². The maximum Gasteiger partial charge on any atom is 0.335 e. The fourth-order valence-corrected chi connectivity index (χ4v) is 2.88. The predicted molar refractivity (Wildman–Crippen MR) is 76.7 cm³/mol. The zero-order chi connectivity index (χ0) is 14.1. The molecule has 20 heavy (non-hydrogen) atoms. The first-order valence-corrected chi connectivity index (χ1v) is 6.63. The lowest BCUT2D eigenvalue weighted by Crippen LogP contribution is -1.94. The van der Waals surface area contributed by atoms with E-state index in [9.17, 15) is 4.79 Å². The Morgan fingerprint density at radius 3 is 2.60 bits per heavy atom. The number of nitrogens with zero attached hydrogens (tertiary/aromatic N) is 2. The summed E-state index contributed by atoms with van der Waals surface area (Å²) in [5.74, 6) is -0.944. The molecule has 0 spiro atoms. The van der Waals surface area contributed by atoms with Crippen molar-refractivity contribution in [2.75, 3.05) is 0 Å². The monoisotopic (exact) mass is 280 g/mol. The van der Waals surface area contributed by atoms with E-state index in [1.807, 2.05) is 12.1 Å². The van der Waals surface area contributed by atoms with Gasteiger partial charge in [0, 0.05) is 5.56 Å². The zero-order valence-corrected chi connectivity index (χ0v) is 11.0. The second-order valence-electron chi connectivity index (χ2n) is 4.20. The van der Waals surface area contributed by atoms with Gasteiger partial charge >= 0.3 is 5.97 Å². The molecule has 0 bridgehead atoms. The number of aromatic nitrogens is 1. The summed E-state index contributed by atoms with van der Waals surface area (Å²) in [6.07, 6.45) is 0. The van der Waals surface area contributed by atoms with Crippen molar-refractivity contribution in [2.45, 2.75) is 0 Å². The highest BCUT2D eigenvalue weighted by molar-refractivity contribution is 7.21. The molecule has 0 aliphatic heterocycles. The SMILES string of the molecule is N#Cc1ccc(-c2nc3ccc(C(=O)O)cc3s2)cc1. The summed E-state index contributed by atoms with van der Waals surface area (Å²) < 4.78 is 0.837. The summed E-state index contributed by atoms with van der Waals surface area (Å²) in [4.78, 5) is 15.4. The van der Waals surface area contributed by atoms with Gasteiger partial charge in [-0.15, -0.1) is 11.3 Å². The number of carboxylic acids is 1. The first-order valence-electron chi connectivity index (χ1n) is 5.82. The summed E-state index contributed by atoms with van der Waals surface area (Å²) in [6, 6.07) is 14.1. The normalized spacial score (nSPS) is 10.3. The number of hydrogen-bond acceptors (Lipinski definition) is 4. The van der Waals surface area contributed by atoms with Crippen LogP contribution >= 0.6 is 11.3 Å². The van der Waals surface area contributed by atoms with Gasteiger partial charge in [-0.05, 0) is 30.3 Å². The summed E-state index contributed by atoms with van der Waals surface area (Å²) in [6.45, 7) is 0. The number of nitriles is 1. The lowest BCUT2D eigenvalue weighted by Gasteiger charge is -1.94. The largest absolute Gasteiger partial charge is 0.478 e. The van der Waals surface area contributed by atoms with Crippen molar-refractivity contribution >= 4 is 27.5 Å². The highest BCUT2D eigenvalue weighted by atomic mass is 32.1. The Balaban J connectivity index is 2.08. The molecule has 0 saturated heterocycles. The van der Waals surface area contributed by atoms with Gasteiger partial charge in [0.2, 0.25) is 0 Å². The van der Waals surface area contributed by atoms with Gasteiger partial charge in [0.25, 0.3) is 0 Å². The number of benzene rings is 2. The van der Waals surface area contributed by atoms with Crippen molar-refractivity contribution in [2.24, 2.45) is 0 Å². The fourth-order valence-electron chi connectivity index (χ4n) is 1.87. The molecular weight excluding hydrogens is 272 g/mol. The Morgan fingerprint density at radius 2 is 1.95 bits per heavy atom. The van der Waals surface area contributed by atoms with E-state index >= 15 is 0 Å². The molecule has 1 heterocycles. The van der Waals surface area contributed by atoms with Crippen LogP contribution in [0.4, 0.5) is 0 Å². The second kappa shape index (κ2) is 4.76. The van der Waals surface area contributed by atoms with Gasteiger partial charge in [-0.3, -0.25) is 0 Å². The van der Waals surface area contributed by atoms with Crippen LogP contribution in [0.5, 0.6) is 0 Å². The standard InChI is InChI=1S/C15H8N2O2S/c16-8-9-1-3-10(4-2-9)14-17-12-6-5-11(15(18)19)7-13(12)20-14/h1-7H,(H,18,19). The van der Waals surface area contributed by atoms with E-state index in [-0.39, 0.29) is 5.56 Å². The molecule has 1 N–H and O–H groups in total. The average Bonchev–Trinajstić information content (AvgIpc) is 2.90. The molecule has 0 atom stereocenters. The van der Waals surface area contributed by atoms with Crippen molar-refractivity contribution in [1.29, 1.82) is 5.26 Å². The van der Waals surface area contributed by atoms with Crippen LogP contribution in [0.25, 0.3) is 20.8 Å². The first kappa shape index (κ1) is 12.3. The van der Waals surface area contributed by atoms with Gasteiger partial charge in [-0.25, -0.2) is 9.78 Å². The molecule has 0 saturated carbocycles. The summed E-state index contributed by atoms with van der Waals surface area (Å²) in [7, 11) is 0. The Kier molecular flexibility index (Phi) is 2.93. The van der Waals surface area contributed by atoms with Crippen LogP contribution in [-0.4, -0.2) is 16.1 Å². The summed E-state index contributed by atoms with van der Waals surface area (Å²) in [5, 5.41) is 18.6. The van der Waals surface area contributed by atoms with E-state index < -0.39 is 5.97 Å². The number of carboxylic acid groups (broad SMARTS) is 1. The third kappa shape index (κ3) is 2.13. The molecule has 0 unspecified atom stereocenters. The van der Waals surface area contributed by atoms with Crippen LogP contribution < -0.4 is 0 Å². The van der Waals surface area contributed by atoms with Crippen molar-refractivity contribution in [3.8, 4) is 16.6 Å². The van der Waals surface area contributed by atoms with Crippen LogP contribution in [0.3, 0.4) is 0 Å². The van der Waals surface area contributed by atoms with Crippen molar-refractivity contribution in [3.05, 3.63) is 53.6 Å². The lowest BCUT2D eigenvalue weighted by atomic mass is 10.1. The van der Waals surface area contributed by atoms with Gasteiger partial charge < -0.3 is 5.11 Å². The second-order valence-corrected chi connectivity index (χ2v) is 5.23. The lowest BCUT2D eigenvalue weighted by molar-refractivity contribution is 0.0697. The van der Waals surface area contributed by atoms with E-state index in [4.69, 9.17) is 10.4 Å². The maximum absolute atomic E-state index is 10.9. The molecule has 0 aliphatic carbocycles. The Bertz CT molecular complexity index is 844. The van der Waals surface area contributed by atoms with E-state index in [2.05, 4.69) is 11.1 Å². The molecule has 0 radical (unpaired) electrons. The van der Waals surface area contributed by atoms with E-state index in [0.29, 0.717) is 5.56 Å². The minimum atomic E-state index is -0.944. The van der Waals surface area contributed by atoms with Gasteiger partial charge in [-0.1, -0.05) is 12.1 Å². The fraction of sp³-hybridized carbons (Fsp3) is 0. The Hall–Kier alpha value is -2.71. The molecule has 3 rings (SSSR count). The number of aromatic carboxylic acids is 1. The van der Waals surface area contributed by atoms with E-state index in [1.165, 1.54) is 11.3 Å². The number of rotatable bonds is 2. The van der Waals surface area contributed by atoms with Gasteiger partial charge in [0.1, 0.15) is 5.01 Å². The quantitative estimate of drug-likeness (QED) is 0.779. The molecule has 2 aromatic carbocycles. The Morgan fingerprint density at radius 1 is 1.20 bits per heavy atom. The van der Waals surface area contributed by atoms with E-state index in [0.717, 1.165) is 20.8 Å². The minimum Gasteiger partial charge on any atom is -0.478 e. The van der Waals surface area contributed by atoms with Crippen molar-refractivity contribution in [3.63, 3.8) is 0 Å². The third-order valence-corrected chi connectivity index (χ3v) is 3.96. The minimum absolute atomic E-state index is 0.257. The molecule has 5 heteroatoms. The topological polar surface area (TPSA) is 74.0 Å². The first-order chi connectivity index (χ1) is 9.67. The smallest absolute Gasteiger partial charge is 0.335 e. The van der Waals surface area contributed by atoms with Crippen LogP contribution in [0.15, 0.2) is 42.5 Å². The van der Waals surface area contributed by atoms with Gasteiger partial charge in [0.15, 0.2) is 0 Å².